The molecule has 6 nitrogen and oxygen atoms in total. The first-order valence-electron chi connectivity index (χ1n) is 26.0. The second-order valence-corrected chi connectivity index (χ2v) is 16.3. The molecule has 1 atom stereocenters. The topological polar surface area (TPSA) is 78.9 Å². The fraction of sp³-hybridized carbons (Fsp3) is 0.525. The van der Waals surface area contributed by atoms with E-state index in [9.17, 15) is 14.4 Å². The van der Waals surface area contributed by atoms with Crippen LogP contribution < -0.4 is 0 Å². The van der Waals surface area contributed by atoms with Crippen molar-refractivity contribution in [1.82, 2.24) is 0 Å². The molecule has 0 heterocycles. The van der Waals surface area contributed by atoms with E-state index in [-0.39, 0.29) is 38.0 Å². The van der Waals surface area contributed by atoms with E-state index in [2.05, 4.69) is 167 Å². The van der Waals surface area contributed by atoms with Gasteiger partial charge in [0.05, 0.1) is 6.42 Å². The first kappa shape index (κ1) is 62.0. The molecular weight excluding hydrogens is 829 g/mol. The maximum Gasteiger partial charge on any atom is 0.310 e. The number of rotatable bonds is 44. The van der Waals surface area contributed by atoms with Crippen molar-refractivity contribution in [3.05, 3.63) is 158 Å². The van der Waals surface area contributed by atoms with Crippen LogP contribution in [0.4, 0.5) is 0 Å². The molecular formula is C61H92O6. The van der Waals surface area contributed by atoms with Gasteiger partial charge in [0.15, 0.2) is 6.10 Å². The van der Waals surface area contributed by atoms with Gasteiger partial charge in [-0.25, -0.2) is 0 Å². The molecule has 0 aliphatic carbocycles. The summed E-state index contributed by atoms with van der Waals surface area (Å²) in [5.74, 6) is -1.14. The van der Waals surface area contributed by atoms with Gasteiger partial charge in [0.1, 0.15) is 13.2 Å². The highest BCUT2D eigenvalue weighted by molar-refractivity contribution is 5.72. The molecule has 0 saturated heterocycles. The lowest BCUT2D eigenvalue weighted by atomic mass is 10.1. The molecule has 0 bridgehead atoms. The smallest absolute Gasteiger partial charge is 0.310 e. The number of hydrogen-bond donors (Lipinski definition) is 0. The van der Waals surface area contributed by atoms with Crippen LogP contribution in [0.25, 0.3) is 0 Å². The minimum absolute atomic E-state index is 0.0801. The number of carbonyl (C=O) groups excluding carboxylic acids is 3. The maximum absolute atomic E-state index is 12.7. The third-order valence-corrected chi connectivity index (χ3v) is 10.1. The van der Waals surface area contributed by atoms with Crippen molar-refractivity contribution in [1.29, 1.82) is 0 Å². The largest absolute Gasteiger partial charge is 0.462 e. The van der Waals surface area contributed by atoms with Crippen molar-refractivity contribution in [3.63, 3.8) is 0 Å². The molecule has 0 aromatic carbocycles. The van der Waals surface area contributed by atoms with Crippen LogP contribution in [0.1, 0.15) is 188 Å². The van der Waals surface area contributed by atoms with Crippen molar-refractivity contribution in [2.24, 2.45) is 0 Å². The van der Waals surface area contributed by atoms with Crippen LogP contribution in [0, 0.1) is 0 Å². The summed E-state index contributed by atoms with van der Waals surface area (Å²) in [6.07, 6.45) is 78.5. The summed E-state index contributed by atoms with van der Waals surface area (Å²) >= 11 is 0. The van der Waals surface area contributed by atoms with E-state index in [4.69, 9.17) is 14.2 Å². The van der Waals surface area contributed by atoms with Crippen molar-refractivity contribution >= 4 is 17.9 Å². The van der Waals surface area contributed by atoms with Crippen LogP contribution in [0.3, 0.4) is 0 Å². The van der Waals surface area contributed by atoms with Gasteiger partial charge < -0.3 is 14.2 Å². The van der Waals surface area contributed by atoms with E-state index < -0.39 is 12.1 Å². The van der Waals surface area contributed by atoms with E-state index in [0.717, 1.165) is 109 Å². The molecule has 0 aliphatic heterocycles. The van der Waals surface area contributed by atoms with Crippen molar-refractivity contribution in [2.75, 3.05) is 13.2 Å². The first-order valence-corrected chi connectivity index (χ1v) is 26.0. The van der Waals surface area contributed by atoms with Gasteiger partial charge in [-0.1, -0.05) is 217 Å². The molecule has 0 aliphatic rings. The Labute approximate surface area is 409 Å². The lowest BCUT2D eigenvalue weighted by Gasteiger charge is -2.18. The van der Waals surface area contributed by atoms with Gasteiger partial charge in [-0.2, -0.15) is 0 Å². The third kappa shape index (κ3) is 51.9. The Morgan fingerprint density at radius 3 is 0.985 bits per heavy atom. The molecule has 0 rings (SSSR count). The molecule has 0 radical (unpaired) electrons. The lowest BCUT2D eigenvalue weighted by molar-refractivity contribution is -0.166. The van der Waals surface area contributed by atoms with Gasteiger partial charge in [0.25, 0.3) is 0 Å². The van der Waals surface area contributed by atoms with Gasteiger partial charge >= 0.3 is 17.9 Å². The third-order valence-electron chi connectivity index (χ3n) is 10.1. The number of allylic oxidation sites excluding steroid dienone is 25. The van der Waals surface area contributed by atoms with E-state index in [0.29, 0.717) is 19.3 Å². The minimum Gasteiger partial charge on any atom is -0.462 e. The minimum atomic E-state index is -0.854. The number of ether oxygens (including phenoxy) is 3. The molecule has 372 valence electrons. The second kappa shape index (κ2) is 53.6. The predicted octanol–water partition coefficient (Wildman–Crippen LogP) is 17.4. The summed E-state index contributed by atoms with van der Waals surface area (Å²) in [5, 5.41) is 0. The maximum atomic E-state index is 12.7. The van der Waals surface area contributed by atoms with Crippen LogP contribution in [0.5, 0.6) is 0 Å². The molecule has 0 N–H and O–H groups in total. The normalized spacial score (nSPS) is 13.4. The molecule has 0 aromatic heterocycles. The number of unbranched alkanes of at least 4 members (excludes halogenated alkanes) is 8. The summed E-state index contributed by atoms with van der Waals surface area (Å²) < 4.78 is 16.6. The molecule has 0 fully saturated rings. The number of esters is 3. The van der Waals surface area contributed by atoms with Gasteiger partial charge in [-0.15, -0.1) is 0 Å². The SMILES string of the molecule is CC/C=C\C/C=C\C/C=C\C/C=C\C/C=C\C/C=C\C/C=C\C/C=C\CCCCC(=O)OCC(COC(=O)CCCCCCCCC)OC(=O)C/C=C\C/C=C\C/C=C\C/C=C\C/C=C\CC. The molecule has 1 unspecified atom stereocenters. The summed E-state index contributed by atoms with van der Waals surface area (Å²) in [7, 11) is 0. The van der Waals surface area contributed by atoms with Crippen LogP contribution in [-0.4, -0.2) is 37.2 Å². The van der Waals surface area contributed by atoms with Crippen molar-refractivity contribution in [2.45, 2.75) is 194 Å². The molecule has 67 heavy (non-hydrogen) atoms. The Bertz CT molecular complexity index is 1570. The standard InChI is InChI=1S/C61H92O6/c1-4-7-10-13-16-18-20-22-24-25-26-27-28-29-30-31-32-33-34-35-37-38-40-42-45-48-51-54-60(63)66-57-58(56-65-59(62)53-50-47-44-15-12-9-6-3)67-61(64)55-52-49-46-43-41-39-36-23-21-19-17-14-11-8-5-2/h7-8,10-11,16-19,22-24,26-27,29-30,32-33,35-37,40-43,49,52,58H,4-6,9,12-15,20-21,25,28,31,34,38-39,44-48,50-51,53-57H2,1-3H3/b10-7-,11-8-,18-16-,19-17-,24-22-,27-26-,30-29-,33-32-,36-23-,37-35-,42-40-,43-41-,52-49-. The quantitative estimate of drug-likeness (QED) is 0.0262. The zero-order valence-corrected chi connectivity index (χ0v) is 42.3. The summed E-state index contributed by atoms with van der Waals surface area (Å²) in [5.41, 5.74) is 0. The average Bonchev–Trinajstić information content (AvgIpc) is 3.33. The van der Waals surface area contributed by atoms with Gasteiger partial charge in [0.2, 0.25) is 0 Å². The van der Waals surface area contributed by atoms with Gasteiger partial charge in [-0.3, -0.25) is 14.4 Å². The highest BCUT2D eigenvalue weighted by Gasteiger charge is 2.19. The summed E-state index contributed by atoms with van der Waals surface area (Å²) in [6, 6.07) is 0. The molecule has 0 spiro atoms. The van der Waals surface area contributed by atoms with E-state index in [1.807, 2.05) is 6.08 Å². The van der Waals surface area contributed by atoms with Crippen LogP contribution >= 0.6 is 0 Å². The zero-order valence-electron chi connectivity index (χ0n) is 42.3. The molecule has 0 aromatic rings. The van der Waals surface area contributed by atoms with Crippen molar-refractivity contribution < 1.29 is 28.6 Å². The first-order chi connectivity index (χ1) is 33.0. The molecule has 6 heteroatoms. The average molecular weight is 921 g/mol. The van der Waals surface area contributed by atoms with Crippen LogP contribution in [-0.2, 0) is 28.6 Å². The highest BCUT2D eigenvalue weighted by Crippen LogP contribution is 2.11. The van der Waals surface area contributed by atoms with Crippen LogP contribution in [0.15, 0.2) is 158 Å². The Kier molecular flexibility index (Phi) is 49.7. The zero-order chi connectivity index (χ0) is 48.6. The van der Waals surface area contributed by atoms with Crippen molar-refractivity contribution in [3.8, 4) is 0 Å². The second-order valence-electron chi connectivity index (χ2n) is 16.3. The van der Waals surface area contributed by atoms with Crippen LogP contribution in [0.2, 0.25) is 0 Å². The molecule has 0 saturated carbocycles. The van der Waals surface area contributed by atoms with E-state index >= 15 is 0 Å². The highest BCUT2D eigenvalue weighted by atomic mass is 16.6. The predicted molar refractivity (Wildman–Crippen MR) is 288 cm³/mol. The number of carbonyl (C=O) groups is 3. The lowest BCUT2D eigenvalue weighted by Crippen LogP contribution is -2.30. The van der Waals surface area contributed by atoms with E-state index in [1.165, 1.54) is 25.7 Å². The molecule has 0 amide bonds. The van der Waals surface area contributed by atoms with Gasteiger partial charge in [-0.05, 0) is 109 Å². The Morgan fingerprint density at radius 2 is 0.627 bits per heavy atom. The fourth-order valence-electron chi connectivity index (χ4n) is 6.24. The summed E-state index contributed by atoms with van der Waals surface area (Å²) in [4.78, 5) is 37.7. The number of hydrogen-bond acceptors (Lipinski definition) is 6. The van der Waals surface area contributed by atoms with E-state index in [1.54, 1.807) is 6.08 Å². The monoisotopic (exact) mass is 921 g/mol. The Morgan fingerprint density at radius 1 is 0.328 bits per heavy atom. The Balaban J connectivity index is 4.43. The fourth-order valence-corrected chi connectivity index (χ4v) is 6.24. The van der Waals surface area contributed by atoms with Gasteiger partial charge in [0, 0.05) is 12.8 Å². The Hall–Kier alpha value is -4.97. The summed E-state index contributed by atoms with van der Waals surface area (Å²) in [6.45, 7) is 6.20.